The van der Waals surface area contributed by atoms with E-state index in [4.69, 9.17) is 22.3 Å². The van der Waals surface area contributed by atoms with Crippen molar-refractivity contribution in [1.29, 1.82) is 0 Å². The number of amides is 4. The quantitative estimate of drug-likeness (QED) is 0.0935. The maximum Gasteiger partial charge on any atom is 0.326 e. The Morgan fingerprint density at radius 2 is 1.31 bits per heavy atom. The number of carbonyl (C=O) groups excluding carboxylic acids is 4. The van der Waals surface area contributed by atoms with Gasteiger partial charge in [-0.15, -0.1) is 0 Å². The van der Waals surface area contributed by atoms with Gasteiger partial charge in [-0.3, -0.25) is 24.0 Å². The van der Waals surface area contributed by atoms with Crippen LogP contribution in [0.4, 0.5) is 0 Å². The molecule has 4 unspecified atom stereocenters. The zero-order valence-corrected chi connectivity index (χ0v) is 20.1. The van der Waals surface area contributed by atoms with E-state index in [-0.39, 0.29) is 31.6 Å². The second kappa shape index (κ2) is 16.4. The van der Waals surface area contributed by atoms with Crippen LogP contribution in [0, 0.1) is 5.92 Å². The number of rotatable bonds is 18. The summed E-state index contributed by atoms with van der Waals surface area (Å²) in [5, 5.41) is 25.4. The molecule has 0 rings (SSSR count). The number of primary amides is 1. The van der Waals surface area contributed by atoms with Gasteiger partial charge in [-0.05, 0) is 44.6 Å². The maximum atomic E-state index is 12.9. The molecule has 14 nitrogen and oxygen atoms in total. The highest BCUT2D eigenvalue weighted by molar-refractivity contribution is 5.95. The number of unbranched alkanes of at least 4 members (excludes halogenated alkanes) is 1. The van der Waals surface area contributed by atoms with Gasteiger partial charge in [0.2, 0.25) is 23.6 Å². The van der Waals surface area contributed by atoms with E-state index in [1.165, 1.54) is 0 Å². The van der Waals surface area contributed by atoms with Gasteiger partial charge < -0.3 is 43.4 Å². The fourth-order valence-electron chi connectivity index (χ4n) is 3.11. The molecule has 0 aliphatic heterocycles. The molecule has 0 saturated carbocycles. The molecule has 0 aromatic rings. The van der Waals surface area contributed by atoms with Crippen LogP contribution in [0.25, 0.3) is 0 Å². The number of nitrogens with two attached hydrogens (primary N) is 3. The molecule has 14 heteroatoms. The van der Waals surface area contributed by atoms with Gasteiger partial charge >= 0.3 is 11.9 Å². The first kappa shape index (κ1) is 31.7. The van der Waals surface area contributed by atoms with Gasteiger partial charge in [-0.1, -0.05) is 13.8 Å². The minimum atomic E-state index is -1.45. The predicted octanol–water partition coefficient (Wildman–Crippen LogP) is -2.23. The van der Waals surface area contributed by atoms with E-state index in [1.807, 2.05) is 0 Å². The minimum absolute atomic E-state index is 0.0231. The Morgan fingerprint density at radius 3 is 1.77 bits per heavy atom. The lowest BCUT2D eigenvalue weighted by Crippen LogP contribution is -2.57. The topological polar surface area (TPSA) is 257 Å². The number of nitrogens with one attached hydrogen (secondary N) is 3. The van der Waals surface area contributed by atoms with E-state index in [0.29, 0.717) is 19.4 Å². The number of carbonyl (C=O) groups is 6. The lowest BCUT2D eigenvalue weighted by Gasteiger charge is -2.25. The third-order valence-corrected chi connectivity index (χ3v) is 4.95. The number of carboxylic acid groups (broad SMARTS) is 2. The lowest BCUT2D eigenvalue weighted by atomic mass is 10.0. The largest absolute Gasteiger partial charge is 0.481 e. The summed E-state index contributed by atoms with van der Waals surface area (Å²) < 4.78 is 0. The molecule has 200 valence electrons. The van der Waals surface area contributed by atoms with Crippen LogP contribution in [0.2, 0.25) is 0 Å². The van der Waals surface area contributed by atoms with Crippen molar-refractivity contribution in [3.63, 3.8) is 0 Å². The Bertz CT molecular complexity index is 760. The van der Waals surface area contributed by atoms with Gasteiger partial charge in [0.15, 0.2) is 0 Å². The maximum absolute atomic E-state index is 12.9. The zero-order valence-electron chi connectivity index (χ0n) is 20.1. The Morgan fingerprint density at radius 1 is 0.800 bits per heavy atom. The first-order valence-electron chi connectivity index (χ1n) is 11.4. The van der Waals surface area contributed by atoms with Gasteiger partial charge in [0, 0.05) is 6.42 Å². The van der Waals surface area contributed by atoms with Crippen molar-refractivity contribution >= 4 is 35.6 Å². The molecule has 0 heterocycles. The number of carboxylic acids is 2. The Labute approximate surface area is 203 Å². The van der Waals surface area contributed by atoms with E-state index in [2.05, 4.69) is 16.0 Å². The van der Waals surface area contributed by atoms with Crippen molar-refractivity contribution < 1.29 is 39.0 Å². The number of hydrogen-bond donors (Lipinski definition) is 8. The van der Waals surface area contributed by atoms with Crippen LogP contribution in [0.5, 0.6) is 0 Å². The Kier molecular flexibility index (Phi) is 14.9. The normalized spacial score (nSPS) is 14.3. The minimum Gasteiger partial charge on any atom is -0.481 e. The van der Waals surface area contributed by atoms with Crippen LogP contribution < -0.4 is 33.2 Å². The third-order valence-electron chi connectivity index (χ3n) is 4.95. The molecule has 0 saturated heterocycles. The smallest absolute Gasteiger partial charge is 0.326 e. The van der Waals surface area contributed by atoms with E-state index in [0.717, 1.165) is 0 Å². The standard InChI is InChI=1S/C21H38N6O8/c1-11(2)9-15(21(34)35)27-19(32)13(5-3-4-8-22)26-20(33)14(6-7-16(24)28)25-18(31)12(23)10-17(29)30/h11-15H,3-10,22-23H2,1-2H3,(H2,24,28)(H,25,31)(H,26,33)(H,27,32)(H,29,30)(H,34,35). The van der Waals surface area contributed by atoms with E-state index in [1.54, 1.807) is 13.8 Å². The second-order valence-electron chi connectivity index (χ2n) is 8.65. The Hall–Kier alpha value is -3.26. The average Bonchev–Trinajstić information content (AvgIpc) is 2.74. The van der Waals surface area contributed by atoms with Crippen LogP contribution in [0.3, 0.4) is 0 Å². The van der Waals surface area contributed by atoms with Crippen molar-refractivity contribution in [2.75, 3.05) is 6.54 Å². The molecule has 0 spiro atoms. The molecule has 0 aromatic heterocycles. The molecule has 0 aromatic carbocycles. The zero-order chi connectivity index (χ0) is 27.1. The summed E-state index contributed by atoms with van der Waals surface area (Å²) in [5.74, 6) is -5.83. The molecule has 11 N–H and O–H groups in total. The molecule has 0 aliphatic carbocycles. The average molecular weight is 503 g/mol. The monoisotopic (exact) mass is 502 g/mol. The van der Waals surface area contributed by atoms with Crippen molar-refractivity contribution in [2.24, 2.45) is 23.1 Å². The fourth-order valence-corrected chi connectivity index (χ4v) is 3.11. The molecule has 4 atom stereocenters. The molecule has 35 heavy (non-hydrogen) atoms. The van der Waals surface area contributed by atoms with E-state index < -0.39 is 66.2 Å². The van der Waals surface area contributed by atoms with Crippen molar-refractivity contribution in [1.82, 2.24) is 16.0 Å². The van der Waals surface area contributed by atoms with Gasteiger partial charge in [-0.25, -0.2) is 4.79 Å². The summed E-state index contributed by atoms with van der Waals surface area (Å²) in [6, 6.07) is -5.11. The first-order valence-corrected chi connectivity index (χ1v) is 11.4. The van der Waals surface area contributed by atoms with Gasteiger partial charge in [0.1, 0.15) is 18.1 Å². The van der Waals surface area contributed by atoms with E-state index >= 15 is 0 Å². The van der Waals surface area contributed by atoms with E-state index in [9.17, 15) is 33.9 Å². The van der Waals surface area contributed by atoms with Crippen molar-refractivity contribution in [2.45, 2.75) is 83.0 Å². The highest BCUT2D eigenvalue weighted by atomic mass is 16.4. The van der Waals surface area contributed by atoms with Crippen molar-refractivity contribution in [3.8, 4) is 0 Å². The fraction of sp³-hybridized carbons (Fsp3) is 0.714. The van der Waals surface area contributed by atoms with Crippen LogP contribution in [-0.4, -0.2) is 76.5 Å². The molecule has 0 fully saturated rings. The van der Waals surface area contributed by atoms with Crippen LogP contribution in [-0.2, 0) is 28.8 Å². The van der Waals surface area contributed by atoms with Crippen LogP contribution in [0.1, 0.15) is 58.8 Å². The van der Waals surface area contributed by atoms with Crippen molar-refractivity contribution in [3.05, 3.63) is 0 Å². The summed E-state index contributed by atoms with van der Waals surface area (Å²) in [5.41, 5.74) is 16.2. The second-order valence-corrected chi connectivity index (χ2v) is 8.65. The summed E-state index contributed by atoms with van der Waals surface area (Å²) in [6.07, 6.45) is 0.0904. The Balaban J connectivity index is 5.59. The van der Waals surface area contributed by atoms with Gasteiger partial charge in [0.25, 0.3) is 0 Å². The first-order chi connectivity index (χ1) is 16.3. The summed E-state index contributed by atoms with van der Waals surface area (Å²) >= 11 is 0. The third kappa shape index (κ3) is 13.9. The molecule has 0 aliphatic rings. The molecule has 0 radical (unpaired) electrons. The summed E-state index contributed by atoms with van der Waals surface area (Å²) in [6.45, 7) is 3.93. The molecule has 4 amide bonds. The van der Waals surface area contributed by atoms with Gasteiger partial charge in [-0.2, -0.15) is 0 Å². The molecular formula is C21H38N6O8. The number of hydrogen-bond acceptors (Lipinski definition) is 8. The highest BCUT2D eigenvalue weighted by Gasteiger charge is 2.30. The van der Waals surface area contributed by atoms with Crippen LogP contribution in [0.15, 0.2) is 0 Å². The summed E-state index contributed by atoms with van der Waals surface area (Å²) in [4.78, 5) is 71.6. The lowest BCUT2D eigenvalue weighted by molar-refractivity contribution is -0.142. The van der Waals surface area contributed by atoms with Gasteiger partial charge in [0.05, 0.1) is 12.5 Å². The summed E-state index contributed by atoms with van der Waals surface area (Å²) in [7, 11) is 0. The highest BCUT2D eigenvalue weighted by Crippen LogP contribution is 2.08. The predicted molar refractivity (Wildman–Crippen MR) is 124 cm³/mol. The molecular weight excluding hydrogens is 464 g/mol. The molecule has 0 bridgehead atoms. The SMILES string of the molecule is CC(C)CC(NC(=O)C(CCCCN)NC(=O)C(CCC(N)=O)NC(=O)C(N)CC(=O)O)C(=O)O. The van der Waals surface area contributed by atoms with Crippen LogP contribution >= 0.6 is 0 Å². The number of aliphatic carboxylic acids is 2.